The average Bonchev–Trinajstić information content (AvgIpc) is 2.88. The molecule has 1 aromatic heterocycles. The van der Waals surface area contributed by atoms with E-state index in [0.717, 1.165) is 16.1 Å². The number of aromatic nitrogens is 3. The van der Waals surface area contributed by atoms with Crippen LogP contribution >= 0.6 is 15.9 Å². The number of hydrogen-bond donors (Lipinski definition) is 0. The molecule has 1 heterocycles. The predicted molar refractivity (Wildman–Crippen MR) is 84.6 cm³/mol. The van der Waals surface area contributed by atoms with Crippen molar-refractivity contribution in [3.63, 3.8) is 0 Å². The van der Waals surface area contributed by atoms with Gasteiger partial charge in [-0.25, -0.2) is 9.67 Å². The van der Waals surface area contributed by atoms with Gasteiger partial charge in [0.1, 0.15) is 0 Å². The van der Waals surface area contributed by atoms with E-state index < -0.39 is 11.7 Å². The zero-order valence-electron chi connectivity index (χ0n) is 12.0. The number of rotatable bonds is 2. The van der Waals surface area contributed by atoms with Gasteiger partial charge < -0.3 is 0 Å². The topological polar surface area (TPSA) is 30.7 Å². The fourth-order valence-corrected chi connectivity index (χ4v) is 2.76. The van der Waals surface area contributed by atoms with Gasteiger partial charge in [0.15, 0.2) is 11.6 Å². The molecule has 0 amide bonds. The Bertz CT molecular complexity index is 856. The lowest BCUT2D eigenvalue weighted by Gasteiger charge is -2.11. The van der Waals surface area contributed by atoms with Gasteiger partial charge in [0.25, 0.3) is 0 Å². The van der Waals surface area contributed by atoms with Gasteiger partial charge in [-0.05, 0) is 18.2 Å². The second-order valence-electron chi connectivity index (χ2n) is 4.91. The van der Waals surface area contributed by atoms with Gasteiger partial charge in [-0.3, -0.25) is 0 Å². The van der Waals surface area contributed by atoms with E-state index in [9.17, 15) is 13.2 Å². The van der Waals surface area contributed by atoms with Crippen LogP contribution in [0, 0.1) is 0 Å². The molecule has 3 nitrogen and oxygen atoms in total. The van der Waals surface area contributed by atoms with Crippen LogP contribution in [0.3, 0.4) is 0 Å². The first-order valence-electron chi connectivity index (χ1n) is 6.70. The summed E-state index contributed by atoms with van der Waals surface area (Å²) in [6.45, 7) is 0. The smallest absolute Gasteiger partial charge is 0.248 e. The summed E-state index contributed by atoms with van der Waals surface area (Å²) in [5, 5.41) is 4.25. The molecular formula is C16H11BrF3N3. The van der Waals surface area contributed by atoms with E-state index in [1.165, 1.54) is 16.8 Å². The predicted octanol–water partition coefficient (Wildman–Crippen LogP) is 4.93. The first-order valence-corrected chi connectivity index (χ1v) is 7.50. The normalized spacial score (nSPS) is 11.7. The van der Waals surface area contributed by atoms with E-state index >= 15 is 0 Å². The Morgan fingerprint density at radius 1 is 0.957 bits per heavy atom. The highest BCUT2D eigenvalue weighted by Gasteiger charge is 2.34. The Balaban J connectivity index is 2.16. The molecule has 0 bridgehead atoms. The first-order chi connectivity index (χ1) is 10.9. The summed E-state index contributed by atoms with van der Waals surface area (Å²) < 4.78 is 41.7. The third-order valence-electron chi connectivity index (χ3n) is 3.35. The van der Waals surface area contributed by atoms with E-state index in [1.807, 2.05) is 18.2 Å². The Kier molecular flexibility index (Phi) is 3.97. The summed E-state index contributed by atoms with van der Waals surface area (Å²) in [5.41, 5.74) is 0.00122. The summed E-state index contributed by atoms with van der Waals surface area (Å²) in [4.78, 5) is 4.31. The van der Waals surface area contributed by atoms with Gasteiger partial charge >= 0.3 is 6.18 Å². The standard InChI is InChI=1S/C16H11BrF3N3/c1-23-15(10-6-2-4-8-12(10)16(18,19)20)21-14(22-23)11-7-3-5-9-13(11)17/h2-9H,1H3. The molecule has 3 rings (SSSR count). The van der Waals surface area contributed by atoms with Crippen molar-refractivity contribution in [3.8, 4) is 22.8 Å². The highest BCUT2D eigenvalue weighted by molar-refractivity contribution is 9.10. The molecule has 7 heteroatoms. The van der Waals surface area contributed by atoms with Crippen LogP contribution in [0.15, 0.2) is 53.0 Å². The lowest BCUT2D eigenvalue weighted by Crippen LogP contribution is -2.08. The molecule has 0 unspecified atom stereocenters. The SMILES string of the molecule is Cn1nc(-c2ccccc2Br)nc1-c1ccccc1C(F)(F)F. The molecule has 0 saturated carbocycles. The third kappa shape index (κ3) is 3.01. The van der Waals surface area contributed by atoms with Gasteiger partial charge in [0.2, 0.25) is 0 Å². The van der Waals surface area contributed by atoms with E-state index in [2.05, 4.69) is 26.0 Å². The summed E-state index contributed by atoms with van der Waals surface area (Å²) in [6.07, 6.45) is -4.45. The van der Waals surface area contributed by atoms with Crippen molar-refractivity contribution in [3.05, 3.63) is 58.6 Å². The average molecular weight is 382 g/mol. The lowest BCUT2D eigenvalue weighted by atomic mass is 10.1. The van der Waals surface area contributed by atoms with Gasteiger partial charge in [0, 0.05) is 22.6 Å². The number of nitrogens with zero attached hydrogens (tertiary/aromatic N) is 3. The van der Waals surface area contributed by atoms with E-state index in [-0.39, 0.29) is 11.4 Å². The van der Waals surface area contributed by atoms with Crippen LogP contribution in [0.25, 0.3) is 22.8 Å². The second-order valence-corrected chi connectivity index (χ2v) is 5.76. The monoisotopic (exact) mass is 381 g/mol. The molecule has 0 spiro atoms. The Hall–Kier alpha value is -2.15. The molecule has 0 saturated heterocycles. The van der Waals surface area contributed by atoms with Crippen molar-refractivity contribution in [1.29, 1.82) is 0 Å². The van der Waals surface area contributed by atoms with Crippen molar-refractivity contribution in [2.75, 3.05) is 0 Å². The molecule has 2 aromatic carbocycles. The fourth-order valence-electron chi connectivity index (χ4n) is 2.30. The largest absolute Gasteiger partial charge is 0.417 e. The quantitative estimate of drug-likeness (QED) is 0.629. The summed E-state index contributed by atoms with van der Waals surface area (Å²) >= 11 is 3.40. The minimum atomic E-state index is -4.45. The first kappa shape index (κ1) is 15.7. The zero-order chi connectivity index (χ0) is 16.6. The molecule has 0 atom stereocenters. The number of alkyl halides is 3. The zero-order valence-corrected chi connectivity index (χ0v) is 13.6. The minimum Gasteiger partial charge on any atom is -0.248 e. The maximum atomic E-state index is 13.2. The van der Waals surface area contributed by atoms with Crippen molar-refractivity contribution in [2.45, 2.75) is 6.18 Å². The van der Waals surface area contributed by atoms with Crippen LogP contribution < -0.4 is 0 Å². The molecule has 0 aliphatic rings. The number of halogens is 4. The molecule has 0 radical (unpaired) electrons. The van der Waals surface area contributed by atoms with Gasteiger partial charge in [-0.2, -0.15) is 18.3 Å². The highest BCUT2D eigenvalue weighted by atomic mass is 79.9. The molecule has 0 aliphatic heterocycles. The maximum Gasteiger partial charge on any atom is 0.417 e. The highest BCUT2D eigenvalue weighted by Crippen LogP contribution is 2.37. The molecular weight excluding hydrogens is 371 g/mol. The van der Waals surface area contributed by atoms with Crippen molar-refractivity contribution in [2.24, 2.45) is 7.05 Å². The maximum absolute atomic E-state index is 13.2. The minimum absolute atomic E-state index is 0.00769. The molecule has 118 valence electrons. The van der Waals surface area contributed by atoms with Crippen LogP contribution in [0.5, 0.6) is 0 Å². The van der Waals surface area contributed by atoms with Crippen LogP contribution in [0.2, 0.25) is 0 Å². The second kappa shape index (κ2) is 5.81. The van der Waals surface area contributed by atoms with Gasteiger partial charge in [-0.1, -0.05) is 46.3 Å². The van der Waals surface area contributed by atoms with Crippen molar-refractivity contribution >= 4 is 15.9 Å². The number of hydrogen-bond acceptors (Lipinski definition) is 2. The van der Waals surface area contributed by atoms with Crippen LogP contribution in [-0.4, -0.2) is 14.8 Å². The van der Waals surface area contributed by atoms with Crippen LogP contribution in [0.1, 0.15) is 5.56 Å². The van der Waals surface area contributed by atoms with Crippen molar-refractivity contribution in [1.82, 2.24) is 14.8 Å². The number of benzene rings is 2. The summed E-state index contributed by atoms with van der Waals surface area (Å²) in [5.74, 6) is 0.538. The van der Waals surface area contributed by atoms with E-state index in [1.54, 1.807) is 19.2 Å². The van der Waals surface area contributed by atoms with E-state index in [4.69, 9.17) is 0 Å². The van der Waals surface area contributed by atoms with Crippen LogP contribution in [0.4, 0.5) is 13.2 Å². The third-order valence-corrected chi connectivity index (χ3v) is 4.04. The Morgan fingerprint density at radius 2 is 1.57 bits per heavy atom. The van der Waals surface area contributed by atoms with Crippen LogP contribution in [-0.2, 0) is 13.2 Å². The molecule has 23 heavy (non-hydrogen) atoms. The summed E-state index contributed by atoms with van der Waals surface area (Å²) in [7, 11) is 1.58. The fraction of sp³-hybridized carbons (Fsp3) is 0.125. The molecule has 0 fully saturated rings. The van der Waals surface area contributed by atoms with Gasteiger partial charge in [0.05, 0.1) is 5.56 Å². The molecule has 3 aromatic rings. The van der Waals surface area contributed by atoms with Crippen molar-refractivity contribution < 1.29 is 13.2 Å². The van der Waals surface area contributed by atoms with E-state index in [0.29, 0.717) is 5.82 Å². The molecule has 0 aliphatic carbocycles. The number of aryl methyl sites for hydroxylation is 1. The Morgan fingerprint density at radius 3 is 2.22 bits per heavy atom. The summed E-state index contributed by atoms with van der Waals surface area (Å²) in [6, 6.07) is 12.7. The van der Waals surface area contributed by atoms with Gasteiger partial charge in [-0.15, -0.1) is 0 Å². The molecule has 0 N–H and O–H groups in total. The lowest BCUT2D eigenvalue weighted by molar-refractivity contribution is -0.137. The Labute approximate surface area is 138 Å².